The number of carboxylic acids is 1. The summed E-state index contributed by atoms with van der Waals surface area (Å²) in [7, 11) is 0. The first-order valence-corrected chi connectivity index (χ1v) is 6.40. The van der Waals surface area contributed by atoms with Crippen LogP contribution in [0.1, 0.15) is 33.6 Å². The summed E-state index contributed by atoms with van der Waals surface area (Å²) in [4.78, 5) is 32.5. The summed E-state index contributed by atoms with van der Waals surface area (Å²) < 4.78 is 0. The van der Waals surface area contributed by atoms with Crippen LogP contribution in [-0.2, 0) is 14.4 Å². The number of carbonyl (C=O) groups is 3. The Kier molecular flexibility index (Phi) is 8.74. The van der Waals surface area contributed by atoms with Crippen LogP contribution < -0.4 is 10.6 Å². The zero-order valence-electron chi connectivity index (χ0n) is 12.2. The van der Waals surface area contributed by atoms with Gasteiger partial charge in [-0.15, -0.1) is 0 Å². The average Bonchev–Trinajstić information content (AvgIpc) is 2.31. The zero-order valence-corrected chi connectivity index (χ0v) is 12.2. The monoisotopic (exact) mass is 282 g/mol. The quantitative estimate of drug-likeness (QED) is 0.408. The van der Waals surface area contributed by atoms with E-state index in [0.29, 0.717) is 18.8 Å². The highest BCUT2D eigenvalue weighted by Gasteiger charge is 2.03. The molecule has 0 spiro atoms. The Morgan fingerprint density at radius 3 is 1.85 bits per heavy atom. The van der Waals surface area contributed by atoms with Gasteiger partial charge in [0.1, 0.15) is 0 Å². The molecule has 0 radical (unpaired) electrons. The number of carboxylic acid groups (broad SMARTS) is 1. The second-order valence-corrected chi connectivity index (χ2v) is 4.48. The maximum atomic E-state index is 11.4. The molecule has 6 nitrogen and oxygen atoms in total. The van der Waals surface area contributed by atoms with E-state index in [0.717, 1.165) is 5.70 Å². The van der Waals surface area contributed by atoms with Gasteiger partial charge in [0.15, 0.2) is 11.6 Å². The molecule has 112 valence electrons. The molecule has 0 atom stereocenters. The molecular weight excluding hydrogens is 260 g/mol. The van der Waals surface area contributed by atoms with Gasteiger partial charge in [0.25, 0.3) is 0 Å². The maximum Gasteiger partial charge on any atom is 0.303 e. The van der Waals surface area contributed by atoms with E-state index < -0.39 is 5.97 Å². The summed E-state index contributed by atoms with van der Waals surface area (Å²) in [6.07, 6.45) is 2.77. The Bertz CT molecular complexity index is 425. The van der Waals surface area contributed by atoms with E-state index in [2.05, 4.69) is 10.6 Å². The van der Waals surface area contributed by atoms with Crippen LogP contribution in [0.25, 0.3) is 0 Å². The zero-order chi connectivity index (χ0) is 15.5. The van der Waals surface area contributed by atoms with Gasteiger partial charge >= 0.3 is 5.97 Å². The molecule has 0 fully saturated rings. The van der Waals surface area contributed by atoms with Crippen LogP contribution in [0.2, 0.25) is 0 Å². The summed E-state index contributed by atoms with van der Waals surface area (Å²) in [6, 6.07) is 0. The van der Waals surface area contributed by atoms with E-state index in [4.69, 9.17) is 5.11 Å². The number of aliphatic carboxylic acids is 1. The van der Waals surface area contributed by atoms with Gasteiger partial charge in [-0.2, -0.15) is 0 Å². The number of hydrogen-bond acceptors (Lipinski definition) is 5. The molecule has 0 heterocycles. The first-order chi connectivity index (χ1) is 9.31. The molecule has 0 saturated carbocycles. The fourth-order valence-electron chi connectivity index (χ4n) is 1.47. The summed E-state index contributed by atoms with van der Waals surface area (Å²) in [5, 5.41) is 14.5. The van der Waals surface area contributed by atoms with Crippen LogP contribution in [0.15, 0.2) is 23.5 Å². The van der Waals surface area contributed by atoms with E-state index in [1.165, 1.54) is 19.1 Å². The lowest BCUT2D eigenvalue weighted by molar-refractivity contribution is -0.138. The minimum absolute atomic E-state index is 0.00700. The summed E-state index contributed by atoms with van der Waals surface area (Å²) in [5.74, 6) is -1.20. The second-order valence-electron chi connectivity index (χ2n) is 4.48. The van der Waals surface area contributed by atoms with Crippen LogP contribution in [0.5, 0.6) is 0 Å². The first kappa shape index (κ1) is 17.9. The topological polar surface area (TPSA) is 95.5 Å². The third kappa shape index (κ3) is 11.0. The smallest absolute Gasteiger partial charge is 0.303 e. The van der Waals surface area contributed by atoms with Gasteiger partial charge in [0.2, 0.25) is 0 Å². The summed E-state index contributed by atoms with van der Waals surface area (Å²) >= 11 is 0. The Morgan fingerprint density at radius 1 is 0.900 bits per heavy atom. The predicted octanol–water partition coefficient (Wildman–Crippen LogP) is 0.996. The molecule has 0 aliphatic rings. The minimum atomic E-state index is -0.978. The number of rotatable bonds is 10. The van der Waals surface area contributed by atoms with Gasteiger partial charge < -0.3 is 15.7 Å². The minimum Gasteiger partial charge on any atom is -0.481 e. The van der Waals surface area contributed by atoms with Crippen molar-refractivity contribution in [3.63, 3.8) is 0 Å². The second kappa shape index (κ2) is 9.77. The average molecular weight is 282 g/mol. The lowest BCUT2D eigenvalue weighted by atomic mass is 10.2. The molecule has 0 aromatic heterocycles. The standard InChI is InChI=1S/C14H22N2O4/c1-10(8-12(3)17)15-6-7-16-11(2)9-13(18)4-5-14(19)20/h8-9,15-16H,4-7H2,1-3H3,(H,19,20)/b10-8+,11-9+. The van der Waals surface area contributed by atoms with Crippen LogP contribution >= 0.6 is 0 Å². The van der Waals surface area contributed by atoms with Crippen LogP contribution in [0.4, 0.5) is 0 Å². The molecular formula is C14H22N2O4. The highest BCUT2D eigenvalue weighted by Crippen LogP contribution is 1.95. The number of carbonyl (C=O) groups excluding carboxylic acids is 2. The molecule has 0 aliphatic heterocycles. The Balaban J connectivity index is 3.92. The van der Waals surface area contributed by atoms with Gasteiger partial charge in [-0.3, -0.25) is 14.4 Å². The Labute approximate surface area is 118 Å². The molecule has 0 unspecified atom stereocenters. The van der Waals surface area contributed by atoms with Crippen molar-refractivity contribution in [2.24, 2.45) is 0 Å². The van der Waals surface area contributed by atoms with Gasteiger partial charge in [-0.05, 0) is 32.9 Å². The number of hydrogen-bond donors (Lipinski definition) is 3. The molecule has 0 bridgehead atoms. The van der Waals surface area contributed by atoms with Crippen LogP contribution in [0.3, 0.4) is 0 Å². The van der Waals surface area contributed by atoms with Crippen molar-refractivity contribution in [2.45, 2.75) is 33.6 Å². The highest BCUT2D eigenvalue weighted by atomic mass is 16.4. The van der Waals surface area contributed by atoms with Crippen molar-refractivity contribution in [3.05, 3.63) is 23.5 Å². The van der Waals surface area contributed by atoms with Crippen LogP contribution in [0, 0.1) is 0 Å². The van der Waals surface area contributed by atoms with E-state index in [9.17, 15) is 14.4 Å². The van der Waals surface area contributed by atoms with E-state index >= 15 is 0 Å². The maximum absolute atomic E-state index is 11.4. The number of ketones is 2. The molecule has 0 amide bonds. The predicted molar refractivity (Wildman–Crippen MR) is 76.1 cm³/mol. The van der Waals surface area contributed by atoms with Crippen molar-refractivity contribution < 1.29 is 19.5 Å². The normalized spacial score (nSPS) is 11.9. The fourth-order valence-corrected chi connectivity index (χ4v) is 1.47. The lowest BCUT2D eigenvalue weighted by Gasteiger charge is -2.09. The SMILES string of the molecule is CC(=O)/C=C(\C)NCCN/C(C)=C/C(=O)CCC(=O)O. The number of nitrogens with one attached hydrogen (secondary N) is 2. The van der Waals surface area contributed by atoms with Gasteiger partial charge in [-0.1, -0.05) is 0 Å². The summed E-state index contributed by atoms with van der Waals surface area (Å²) in [5.41, 5.74) is 1.48. The first-order valence-electron chi connectivity index (χ1n) is 6.40. The molecule has 0 saturated heterocycles. The van der Waals surface area contributed by atoms with Gasteiger partial charge in [-0.25, -0.2) is 0 Å². The molecule has 3 N–H and O–H groups in total. The van der Waals surface area contributed by atoms with Crippen molar-refractivity contribution in [1.82, 2.24) is 10.6 Å². The molecule has 0 aliphatic carbocycles. The molecule has 0 aromatic rings. The molecule has 0 rings (SSSR count). The van der Waals surface area contributed by atoms with Crippen LogP contribution in [-0.4, -0.2) is 35.7 Å². The highest BCUT2D eigenvalue weighted by molar-refractivity contribution is 5.92. The third-order valence-electron chi connectivity index (χ3n) is 2.32. The Hall–Kier alpha value is -2.11. The van der Waals surface area contributed by atoms with Crippen molar-refractivity contribution in [3.8, 4) is 0 Å². The summed E-state index contributed by atoms with van der Waals surface area (Å²) in [6.45, 7) is 6.25. The van der Waals surface area contributed by atoms with Crippen molar-refractivity contribution >= 4 is 17.5 Å². The molecule has 0 aromatic carbocycles. The van der Waals surface area contributed by atoms with E-state index in [-0.39, 0.29) is 24.4 Å². The largest absolute Gasteiger partial charge is 0.481 e. The number of allylic oxidation sites excluding steroid dienone is 4. The van der Waals surface area contributed by atoms with E-state index in [1.54, 1.807) is 13.8 Å². The third-order valence-corrected chi connectivity index (χ3v) is 2.32. The fraction of sp³-hybridized carbons (Fsp3) is 0.500. The van der Waals surface area contributed by atoms with Gasteiger partial charge in [0.05, 0.1) is 6.42 Å². The lowest BCUT2D eigenvalue weighted by Crippen LogP contribution is -2.25. The Morgan fingerprint density at radius 2 is 1.40 bits per heavy atom. The van der Waals surface area contributed by atoms with E-state index in [1.807, 2.05) is 0 Å². The molecule has 6 heteroatoms. The molecule has 20 heavy (non-hydrogen) atoms. The van der Waals surface area contributed by atoms with Crippen molar-refractivity contribution in [1.29, 1.82) is 0 Å². The van der Waals surface area contributed by atoms with Crippen molar-refractivity contribution in [2.75, 3.05) is 13.1 Å². The van der Waals surface area contributed by atoms with Gasteiger partial charge in [0, 0.05) is 30.9 Å².